The summed E-state index contributed by atoms with van der Waals surface area (Å²) < 4.78 is 61.6. The van der Waals surface area contributed by atoms with Crippen LogP contribution in [0.4, 0.5) is 13.2 Å². The van der Waals surface area contributed by atoms with E-state index in [-0.39, 0.29) is 23.4 Å². The smallest absolute Gasteiger partial charge is 0.389 e. The number of carboxylic acid groups (broad SMARTS) is 1. The van der Waals surface area contributed by atoms with Crippen LogP contribution in [0.1, 0.15) is 28.8 Å². The van der Waals surface area contributed by atoms with Crippen molar-refractivity contribution in [2.75, 3.05) is 6.54 Å². The highest BCUT2D eigenvalue weighted by Crippen LogP contribution is 2.21. The number of benzene rings is 1. The van der Waals surface area contributed by atoms with E-state index in [0.717, 1.165) is 6.07 Å². The molecule has 0 saturated carbocycles. The predicted molar refractivity (Wildman–Crippen MR) is 68.6 cm³/mol. The molecule has 0 aliphatic rings. The molecule has 1 aromatic rings. The Morgan fingerprint density at radius 1 is 1.33 bits per heavy atom. The summed E-state index contributed by atoms with van der Waals surface area (Å²) >= 11 is 0. The monoisotopic (exact) mass is 325 g/mol. The van der Waals surface area contributed by atoms with Gasteiger partial charge in [0, 0.05) is 13.0 Å². The normalized spacial score (nSPS) is 12.4. The molecule has 2 N–H and O–H groups in total. The average Bonchev–Trinajstić information content (AvgIpc) is 2.33. The van der Waals surface area contributed by atoms with Crippen LogP contribution < -0.4 is 4.72 Å². The molecular weight excluding hydrogens is 311 g/mol. The van der Waals surface area contributed by atoms with Gasteiger partial charge >= 0.3 is 12.1 Å². The topological polar surface area (TPSA) is 83.5 Å². The molecule has 0 saturated heterocycles. The Hall–Kier alpha value is -1.61. The first kappa shape index (κ1) is 17.4. The van der Waals surface area contributed by atoms with Gasteiger partial charge in [0.25, 0.3) is 0 Å². The third kappa shape index (κ3) is 5.35. The van der Waals surface area contributed by atoms with Crippen LogP contribution in [0.15, 0.2) is 23.1 Å². The van der Waals surface area contributed by atoms with Crippen molar-refractivity contribution in [1.29, 1.82) is 0 Å². The lowest BCUT2D eigenvalue weighted by molar-refractivity contribution is -0.135. The third-order valence-corrected chi connectivity index (χ3v) is 4.14. The minimum absolute atomic E-state index is 0.173. The summed E-state index contributed by atoms with van der Waals surface area (Å²) in [6, 6.07) is 3.51. The number of halogens is 3. The van der Waals surface area contributed by atoms with Crippen molar-refractivity contribution in [3.05, 3.63) is 29.3 Å². The summed E-state index contributed by atoms with van der Waals surface area (Å²) in [4.78, 5) is 10.6. The second-order valence-corrected chi connectivity index (χ2v) is 6.17. The maximum Gasteiger partial charge on any atom is 0.389 e. The van der Waals surface area contributed by atoms with Crippen molar-refractivity contribution in [2.45, 2.75) is 30.8 Å². The molecule has 0 unspecified atom stereocenters. The molecule has 0 amide bonds. The molecular formula is C12H14F3NO4S. The Bertz CT molecular complexity index is 626. The number of hydrogen-bond acceptors (Lipinski definition) is 3. The number of aromatic carboxylic acids is 1. The molecule has 0 aromatic heterocycles. The molecule has 118 valence electrons. The number of carbonyl (C=O) groups is 1. The van der Waals surface area contributed by atoms with Crippen molar-refractivity contribution in [3.8, 4) is 0 Å². The zero-order valence-corrected chi connectivity index (χ0v) is 11.9. The van der Waals surface area contributed by atoms with E-state index in [1.165, 1.54) is 19.1 Å². The average molecular weight is 325 g/mol. The molecule has 0 bridgehead atoms. The fourth-order valence-corrected chi connectivity index (χ4v) is 2.68. The second-order valence-electron chi connectivity index (χ2n) is 4.40. The highest BCUT2D eigenvalue weighted by Gasteiger charge is 2.26. The SMILES string of the molecule is Cc1ccc(S(=O)(=O)NCCCC(F)(F)F)cc1C(=O)O. The van der Waals surface area contributed by atoms with Gasteiger partial charge < -0.3 is 5.11 Å². The predicted octanol–water partition coefficient (Wildman–Crippen LogP) is 2.31. The minimum atomic E-state index is -4.34. The van der Waals surface area contributed by atoms with Crippen molar-refractivity contribution in [2.24, 2.45) is 0 Å². The van der Waals surface area contributed by atoms with Gasteiger partial charge in [-0.1, -0.05) is 6.07 Å². The summed E-state index contributed by atoms with van der Waals surface area (Å²) in [6.07, 6.45) is -5.82. The van der Waals surface area contributed by atoms with Crippen molar-refractivity contribution in [3.63, 3.8) is 0 Å². The van der Waals surface area contributed by atoms with E-state index < -0.39 is 28.6 Å². The van der Waals surface area contributed by atoms with Gasteiger partial charge in [-0.2, -0.15) is 13.2 Å². The number of aryl methyl sites for hydroxylation is 1. The van der Waals surface area contributed by atoms with Crippen LogP contribution in [-0.2, 0) is 10.0 Å². The molecule has 1 rings (SSSR count). The van der Waals surface area contributed by atoms with Crippen LogP contribution >= 0.6 is 0 Å². The van der Waals surface area contributed by atoms with Gasteiger partial charge in [-0.25, -0.2) is 17.9 Å². The number of nitrogens with one attached hydrogen (secondary N) is 1. The van der Waals surface area contributed by atoms with Gasteiger partial charge in [0.1, 0.15) is 0 Å². The van der Waals surface area contributed by atoms with Gasteiger partial charge in [0.05, 0.1) is 10.5 Å². The highest BCUT2D eigenvalue weighted by atomic mass is 32.2. The van der Waals surface area contributed by atoms with Crippen LogP contribution in [0.3, 0.4) is 0 Å². The van der Waals surface area contributed by atoms with Crippen molar-refractivity contribution < 1.29 is 31.5 Å². The fourth-order valence-electron chi connectivity index (χ4n) is 1.58. The molecule has 5 nitrogen and oxygen atoms in total. The van der Waals surface area contributed by atoms with Crippen LogP contribution in [0.5, 0.6) is 0 Å². The molecule has 0 aliphatic carbocycles. The van der Waals surface area contributed by atoms with E-state index in [1.807, 2.05) is 4.72 Å². The van der Waals surface area contributed by atoms with E-state index in [0.29, 0.717) is 5.56 Å². The van der Waals surface area contributed by atoms with E-state index in [9.17, 15) is 26.4 Å². The molecule has 0 heterocycles. The number of alkyl halides is 3. The first-order chi connectivity index (χ1) is 9.53. The summed E-state index contributed by atoms with van der Waals surface area (Å²) in [7, 11) is -4.03. The van der Waals surface area contributed by atoms with E-state index in [1.54, 1.807) is 0 Å². The summed E-state index contributed by atoms with van der Waals surface area (Å²) in [6.45, 7) is 1.13. The fraction of sp³-hybridized carbons (Fsp3) is 0.417. The number of hydrogen-bond donors (Lipinski definition) is 2. The maximum atomic E-state index is 11.9. The van der Waals surface area contributed by atoms with Gasteiger partial charge in [0.15, 0.2) is 0 Å². The van der Waals surface area contributed by atoms with Gasteiger partial charge in [-0.05, 0) is 31.0 Å². The summed E-state index contributed by atoms with van der Waals surface area (Å²) in [5.41, 5.74) is 0.215. The Kier molecular flexibility index (Phi) is 5.35. The largest absolute Gasteiger partial charge is 0.478 e. The van der Waals surface area contributed by atoms with Gasteiger partial charge in [-0.15, -0.1) is 0 Å². The number of sulfonamides is 1. The van der Waals surface area contributed by atoms with Crippen LogP contribution in [-0.4, -0.2) is 32.2 Å². The summed E-state index contributed by atoms with van der Waals surface area (Å²) in [5.74, 6) is -1.28. The Morgan fingerprint density at radius 3 is 2.48 bits per heavy atom. The lowest BCUT2D eigenvalue weighted by atomic mass is 10.1. The third-order valence-electron chi connectivity index (χ3n) is 2.68. The number of carboxylic acids is 1. The second kappa shape index (κ2) is 6.44. The maximum absolute atomic E-state index is 11.9. The standard InChI is InChI=1S/C12H14F3NO4S/c1-8-3-4-9(7-10(8)11(17)18)21(19,20)16-6-2-5-12(13,14)15/h3-4,7,16H,2,5-6H2,1H3,(H,17,18). The molecule has 0 radical (unpaired) electrons. The highest BCUT2D eigenvalue weighted by molar-refractivity contribution is 7.89. The minimum Gasteiger partial charge on any atom is -0.478 e. The molecule has 9 heteroatoms. The summed E-state index contributed by atoms with van der Waals surface area (Å²) in [5, 5.41) is 8.92. The van der Waals surface area contributed by atoms with Gasteiger partial charge in [-0.3, -0.25) is 0 Å². The molecule has 0 aliphatic heterocycles. The number of rotatable bonds is 6. The van der Waals surface area contributed by atoms with Crippen LogP contribution in [0.2, 0.25) is 0 Å². The van der Waals surface area contributed by atoms with E-state index in [2.05, 4.69) is 0 Å². The Labute approximate surface area is 119 Å². The molecule has 0 spiro atoms. The van der Waals surface area contributed by atoms with E-state index in [4.69, 9.17) is 5.11 Å². The van der Waals surface area contributed by atoms with Crippen LogP contribution in [0, 0.1) is 6.92 Å². The zero-order valence-electron chi connectivity index (χ0n) is 11.1. The van der Waals surface area contributed by atoms with Crippen molar-refractivity contribution >= 4 is 16.0 Å². The quantitative estimate of drug-likeness (QED) is 0.786. The molecule has 0 atom stereocenters. The first-order valence-electron chi connectivity index (χ1n) is 5.93. The van der Waals surface area contributed by atoms with E-state index >= 15 is 0 Å². The molecule has 0 fully saturated rings. The molecule has 21 heavy (non-hydrogen) atoms. The zero-order chi connectivity index (χ0) is 16.3. The van der Waals surface area contributed by atoms with Gasteiger partial charge in [0.2, 0.25) is 10.0 Å². The Morgan fingerprint density at radius 2 is 1.95 bits per heavy atom. The first-order valence-corrected chi connectivity index (χ1v) is 7.41. The lowest BCUT2D eigenvalue weighted by Gasteiger charge is -2.09. The Balaban J connectivity index is 2.79. The van der Waals surface area contributed by atoms with Crippen molar-refractivity contribution in [1.82, 2.24) is 4.72 Å². The lowest BCUT2D eigenvalue weighted by Crippen LogP contribution is -2.26. The molecule has 1 aromatic carbocycles. The van der Waals surface area contributed by atoms with Crippen LogP contribution in [0.25, 0.3) is 0 Å².